The Kier molecular flexibility index (Phi) is 20.8. The van der Waals surface area contributed by atoms with E-state index in [1.54, 1.807) is 26.1 Å². The monoisotopic (exact) mass is 814 g/mol. The second-order valence-corrected chi connectivity index (χ2v) is 15.0. The molecule has 1 saturated heterocycles. The van der Waals surface area contributed by atoms with Crippen molar-refractivity contribution in [1.29, 1.82) is 0 Å². The number of azide groups is 1. The van der Waals surface area contributed by atoms with Crippen molar-refractivity contribution in [2.24, 2.45) is 33.4 Å². The summed E-state index contributed by atoms with van der Waals surface area (Å²) in [6.45, 7) is 8.10. The number of nitrogens with two attached hydrogens (primary N) is 2. The van der Waals surface area contributed by atoms with Crippen LogP contribution in [0.25, 0.3) is 10.4 Å². The van der Waals surface area contributed by atoms with E-state index in [1.807, 2.05) is 20.8 Å². The molecule has 1 heterocycles. The number of rotatable bonds is 25. The topological polar surface area (TPSA) is 319 Å². The summed E-state index contributed by atoms with van der Waals surface area (Å²) < 4.78 is 0. The first-order valence-corrected chi connectivity index (χ1v) is 19.8. The molecule has 20 heteroatoms. The number of hydrogen-bond donors (Lipinski definition) is 9. The van der Waals surface area contributed by atoms with Crippen molar-refractivity contribution in [3.05, 3.63) is 40.3 Å². The van der Waals surface area contributed by atoms with Crippen LogP contribution in [0.4, 0.5) is 0 Å². The van der Waals surface area contributed by atoms with Crippen LogP contribution >= 0.6 is 0 Å². The number of nitrogens with zero attached hydrogens (tertiary/aromatic N) is 5. The lowest BCUT2D eigenvalue weighted by Crippen LogP contribution is -2.60. The van der Waals surface area contributed by atoms with Crippen molar-refractivity contribution in [1.82, 2.24) is 31.5 Å². The molecule has 1 aliphatic heterocycles. The Labute approximate surface area is 339 Å². The lowest BCUT2D eigenvalue weighted by molar-refractivity contribution is -0.143. The average molecular weight is 815 g/mol. The molecule has 0 radical (unpaired) electrons. The van der Waals surface area contributed by atoms with E-state index in [2.05, 4.69) is 41.6 Å². The lowest BCUT2D eigenvalue weighted by atomic mass is 9.96. The van der Waals surface area contributed by atoms with Gasteiger partial charge in [-0.2, -0.15) is 0 Å². The number of aliphatic imine (C=N–C) groups is 1. The Balaban J connectivity index is 2.40. The number of phenols is 1. The van der Waals surface area contributed by atoms with Gasteiger partial charge in [0.25, 0.3) is 0 Å². The highest BCUT2D eigenvalue weighted by Crippen LogP contribution is 2.21. The largest absolute Gasteiger partial charge is 0.508 e. The minimum atomic E-state index is -1.27. The van der Waals surface area contributed by atoms with Gasteiger partial charge in [-0.15, -0.1) is 0 Å². The summed E-state index contributed by atoms with van der Waals surface area (Å²) >= 11 is 0. The standard InChI is InChI=1S/C38H62N12O8/c1-6-23(4)31(35(55)46-29(37(57)58)20-22(2)3)47-33(53)28(21-24-13-15-25(51)16-14-24)45-34(54)30-12-9-19-50(30)36(56)27(11-8-18-43-38(39)40)44-32(52)26(48-49-41)10-7-17-42-5/h13-16,22-23,26-31,42,51H,6-12,17-21H2,1-5H3,(H,44,52)(H,45,54)(H,46,55)(H,47,53)(H,57,58)(H4,39,40,43)/t23-,26-,27+,28+,29+,30+,31+/m0/s1. The van der Waals surface area contributed by atoms with Gasteiger partial charge in [0.2, 0.25) is 29.5 Å². The second kappa shape index (κ2) is 24.9. The molecule has 322 valence electrons. The summed E-state index contributed by atoms with van der Waals surface area (Å²) in [6.07, 6.45) is 2.38. The van der Waals surface area contributed by atoms with Crippen molar-refractivity contribution in [3.8, 4) is 5.75 Å². The molecule has 0 aromatic heterocycles. The summed E-state index contributed by atoms with van der Waals surface area (Å²) in [4.78, 5) is 89.3. The van der Waals surface area contributed by atoms with Crippen LogP contribution in [0.15, 0.2) is 34.4 Å². The fourth-order valence-electron chi connectivity index (χ4n) is 6.56. The van der Waals surface area contributed by atoms with E-state index in [9.17, 15) is 39.0 Å². The summed E-state index contributed by atoms with van der Waals surface area (Å²) in [7, 11) is 1.74. The van der Waals surface area contributed by atoms with Gasteiger partial charge < -0.3 is 53.2 Å². The number of carboxylic acids is 1. The van der Waals surface area contributed by atoms with Crippen LogP contribution in [0.2, 0.25) is 0 Å². The lowest BCUT2D eigenvalue weighted by Gasteiger charge is -2.31. The van der Waals surface area contributed by atoms with Gasteiger partial charge in [0.05, 0.1) is 0 Å². The average Bonchev–Trinajstić information content (AvgIpc) is 3.67. The normalized spacial score (nSPS) is 16.7. The number of amides is 5. The highest BCUT2D eigenvalue weighted by Gasteiger charge is 2.40. The summed E-state index contributed by atoms with van der Waals surface area (Å²) in [6, 6.07) is -0.851. The van der Waals surface area contributed by atoms with Crippen LogP contribution in [0.5, 0.6) is 5.75 Å². The Morgan fingerprint density at radius 2 is 1.60 bits per heavy atom. The molecule has 1 aliphatic rings. The van der Waals surface area contributed by atoms with Gasteiger partial charge >= 0.3 is 5.97 Å². The molecule has 0 unspecified atom stereocenters. The van der Waals surface area contributed by atoms with E-state index >= 15 is 0 Å². The van der Waals surface area contributed by atoms with E-state index in [0.717, 1.165) is 0 Å². The van der Waals surface area contributed by atoms with Gasteiger partial charge in [-0.05, 0) is 93.6 Å². The Bertz CT molecular complexity index is 1610. The Morgan fingerprint density at radius 1 is 0.931 bits per heavy atom. The number of hydrogen-bond acceptors (Lipinski definition) is 10. The fraction of sp³-hybridized carbons (Fsp3) is 0.658. The Morgan fingerprint density at radius 3 is 2.19 bits per heavy atom. The van der Waals surface area contributed by atoms with Gasteiger partial charge in [0.15, 0.2) is 5.96 Å². The maximum absolute atomic E-state index is 14.2. The van der Waals surface area contributed by atoms with Crippen molar-refractivity contribution in [2.75, 3.05) is 26.7 Å². The summed E-state index contributed by atoms with van der Waals surface area (Å²) in [5.74, 6) is -5.10. The number of nitrogens with one attached hydrogen (secondary N) is 5. The highest BCUT2D eigenvalue weighted by molar-refractivity contribution is 5.97. The van der Waals surface area contributed by atoms with Gasteiger partial charge in [-0.25, -0.2) is 4.79 Å². The van der Waals surface area contributed by atoms with Crippen molar-refractivity contribution in [3.63, 3.8) is 0 Å². The second-order valence-electron chi connectivity index (χ2n) is 15.0. The number of carboxylic acid groups (broad SMARTS) is 1. The third kappa shape index (κ3) is 16.1. The smallest absolute Gasteiger partial charge is 0.326 e. The quantitative estimate of drug-likeness (QED) is 0.0166. The zero-order chi connectivity index (χ0) is 43.4. The molecule has 0 spiro atoms. The Hall–Kier alpha value is -5.62. The summed E-state index contributed by atoms with van der Waals surface area (Å²) in [5.41, 5.74) is 20.6. The molecule has 0 aliphatic carbocycles. The predicted molar refractivity (Wildman–Crippen MR) is 217 cm³/mol. The van der Waals surface area contributed by atoms with E-state index in [0.29, 0.717) is 31.4 Å². The van der Waals surface area contributed by atoms with Crippen molar-refractivity contribution in [2.45, 2.75) is 122 Å². The molecule has 1 fully saturated rings. The molecule has 1 aromatic rings. The van der Waals surface area contributed by atoms with Crippen LogP contribution in [0.3, 0.4) is 0 Å². The number of carbonyl (C=O) groups is 6. The van der Waals surface area contributed by atoms with Crippen LogP contribution in [-0.2, 0) is 35.2 Å². The van der Waals surface area contributed by atoms with Gasteiger partial charge in [0.1, 0.15) is 42.0 Å². The SMILES string of the molecule is CC[C@H](C)[C@@H](NC(=O)[C@@H](Cc1ccc(O)cc1)NC(=O)[C@H]1CCCN1C(=O)[C@@H](CCCN=C(N)N)NC(=O)[C@H](CCCNC)N=[N+]=[N-])C(=O)N[C@H](CC(C)C)C(=O)O. The number of guanidine groups is 1. The zero-order valence-corrected chi connectivity index (χ0v) is 34.1. The van der Waals surface area contributed by atoms with E-state index < -0.39 is 77.7 Å². The van der Waals surface area contributed by atoms with E-state index in [1.165, 1.54) is 17.0 Å². The minimum absolute atomic E-state index is 0.0135. The van der Waals surface area contributed by atoms with Gasteiger partial charge in [-0.1, -0.05) is 51.4 Å². The van der Waals surface area contributed by atoms with E-state index in [4.69, 9.17) is 17.0 Å². The maximum Gasteiger partial charge on any atom is 0.326 e. The molecule has 1 aromatic carbocycles. The molecule has 7 atom stereocenters. The number of benzene rings is 1. The van der Waals surface area contributed by atoms with Crippen LogP contribution in [0.1, 0.15) is 84.6 Å². The summed E-state index contributed by atoms with van der Waals surface area (Å²) in [5, 5.41) is 37.0. The van der Waals surface area contributed by atoms with Crippen LogP contribution < -0.4 is 38.1 Å². The molecule has 11 N–H and O–H groups in total. The predicted octanol–water partition coefficient (Wildman–Crippen LogP) is 0.774. The minimum Gasteiger partial charge on any atom is -0.508 e. The zero-order valence-electron chi connectivity index (χ0n) is 34.1. The molecular weight excluding hydrogens is 752 g/mol. The van der Waals surface area contributed by atoms with Crippen molar-refractivity contribution >= 4 is 41.5 Å². The number of aliphatic carboxylic acids is 1. The third-order valence-corrected chi connectivity index (χ3v) is 9.92. The van der Waals surface area contributed by atoms with Gasteiger partial charge in [0, 0.05) is 24.4 Å². The third-order valence-electron chi connectivity index (χ3n) is 9.92. The first-order chi connectivity index (χ1) is 27.5. The molecule has 0 saturated carbocycles. The number of phenolic OH excluding ortho intramolecular Hbond substituents is 1. The highest BCUT2D eigenvalue weighted by atomic mass is 16.4. The number of aromatic hydroxyl groups is 1. The molecule has 2 rings (SSSR count). The maximum atomic E-state index is 14.2. The van der Waals surface area contributed by atoms with Crippen LogP contribution in [0, 0.1) is 11.8 Å². The number of carbonyl (C=O) groups excluding carboxylic acids is 5. The fourth-order valence-corrected chi connectivity index (χ4v) is 6.56. The van der Waals surface area contributed by atoms with Gasteiger partial charge in [-0.3, -0.25) is 29.0 Å². The molecule has 20 nitrogen and oxygen atoms in total. The van der Waals surface area contributed by atoms with Crippen LogP contribution in [-0.4, -0.2) is 120 Å². The molecule has 0 bridgehead atoms. The number of likely N-dealkylation sites (tertiary alicyclic amines) is 1. The first-order valence-electron chi connectivity index (χ1n) is 19.8. The molecular formula is C38H62N12O8. The first kappa shape index (κ1) is 48.5. The molecule has 5 amide bonds. The van der Waals surface area contributed by atoms with Crippen molar-refractivity contribution < 1.29 is 39.0 Å². The van der Waals surface area contributed by atoms with E-state index in [-0.39, 0.29) is 69.2 Å². The molecule has 58 heavy (non-hydrogen) atoms.